The van der Waals surface area contributed by atoms with Crippen LogP contribution < -0.4 is 14.3 Å². The highest BCUT2D eigenvalue weighted by molar-refractivity contribution is 5.86. The smallest absolute Gasteiger partial charge is 0.161 e. The normalized spacial score (nSPS) is 26.1. The maximum atomic E-state index is 5.67. The molecule has 2 aromatic rings. The first-order valence-electron chi connectivity index (χ1n) is 9.87. The van der Waals surface area contributed by atoms with Crippen molar-refractivity contribution in [3.63, 3.8) is 0 Å². The van der Waals surface area contributed by atoms with Crippen molar-refractivity contribution < 1.29 is 14.3 Å². The summed E-state index contributed by atoms with van der Waals surface area (Å²) in [4.78, 5) is 8.13. The van der Waals surface area contributed by atoms with E-state index in [1.54, 1.807) is 14.2 Å². The molecule has 2 aliphatic rings. The molecule has 5 nitrogen and oxygen atoms in total. The zero-order valence-electron chi connectivity index (χ0n) is 16.9. The second-order valence-corrected chi connectivity index (χ2v) is 7.74. The van der Waals surface area contributed by atoms with E-state index < -0.39 is 0 Å². The number of hydrogen-bond donors (Lipinski definition) is 0. The van der Waals surface area contributed by atoms with Gasteiger partial charge in [0.15, 0.2) is 17.2 Å². The fraction of sp³-hybridized carbons (Fsp3) is 0.435. The third kappa shape index (κ3) is 3.35. The van der Waals surface area contributed by atoms with E-state index in [0.717, 1.165) is 55.2 Å². The Balaban J connectivity index is 1.59. The molecule has 1 aliphatic carbocycles. The number of nitrogens with zero attached hydrogens (tertiary/aromatic N) is 2. The van der Waals surface area contributed by atoms with Crippen LogP contribution in [0.5, 0.6) is 17.2 Å². The zero-order chi connectivity index (χ0) is 19.6. The Hall–Kier alpha value is -2.53. The van der Waals surface area contributed by atoms with Gasteiger partial charge in [0, 0.05) is 17.9 Å². The minimum Gasteiger partial charge on any atom is -0.493 e. The average Bonchev–Trinajstić information content (AvgIpc) is 3.09. The number of methoxy groups -OCH3 is 2. The summed E-state index contributed by atoms with van der Waals surface area (Å²) >= 11 is 0. The van der Waals surface area contributed by atoms with E-state index in [1.807, 2.05) is 36.4 Å². The Labute approximate surface area is 166 Å². The highest BCUT2D eigenvalue weighted by Gasteiger charge is 2.50. The van der Waals surface area contributed by atoms with Gasteiger partial charge in [0.1, 0.15) is 0 Å². The number of fused-ring (bicyclic) bond motifs is 1. The summed E-state index contributed by atoms with van der Waals surface area (Å²) in [6.45, 7) is 1.09. The molecule has 2 aromatic carbocycles. The van der Waals surface area contributed by atoms with Gasteiger partial charge in [-0.2, -0.15) is 0 Å². The van der Waals surface area contributed by atoms with Gasteiger partial charge in [-0.1, -0.05) is 29.4 Å². The van der Waals surface area contributed by atoms with Gasteiger partial charge in [0.25, 0.3) is 0 Å². The third-order valence-electron chi connectivity index (χ3n) is 6.35. The molecule has 2 fully saturated rings. The van der Waals surface area contributed by atoms with Gasteiger partial charge in [-0.3, -0.25) is 0 Å². The summed E-state index contributed by atoms with van der Waals surface area (Å²) in [6, 6.07) is 16.6. The molecule has 0 N–H and O–H groups in total. The first kappa shape index (κ1) is 18.8. The second kappa shape index (κ2) is 7.84. The van der Waals surface area contributed by atoms with Crippen molar-refractivity contribution >= 4 is 5.71 Å². The number of rotatable bonds is 5. The van der Waals surface area contributed by atoms with Gasteiger partial charge in [-0.15, -0.1) is 0 Å². The molecule has 28 heavy (non-hydrogen) atoms. The third-order valence-corrected chi connectivity index (χ3v) is 6.35. The maximum Gasteiger partial charge on any atom is 0.161 e. The Kier molecular flexibility index (Phi) is 5.27. The Morgan fingerprint density at radius 1 is 1.00 bits per heavy atom. The van der Waals surface area contributed by atoms with Crippen molar-refractivity contribution in [2.24, 2.45) is 5.16 Å². The molecule has 5 heteroatoms. The van der Waals surface area contributed by atoms with Gasteiger partial charge in [-0.05, 0) is 62.7 Å². The van der Waals surface area contributed by atoms with Crippen LogP contribution in [0, 0.1) is 0 Å². The van der Waals surface area contributed by atoms with Crippen LogP contribution in [-0.4, -0.2) is 44.5 Å². The lowest BCUT2D eigenvalue weighted by atomic mass is 9.65. The second-order valence-electron chi connectivity index (χ2n) is 7.74. The number of para-hydroxylation sites is 1. The molecule has 2 atom stereocenters. The number of likely N-dealkylation sites (tertiary alicyclic amines) is 1. The van der Waals surface area contributed by atoms with Crippen LogP contribution in [0.3, 0.4) is 0 Å². The largest absolute Gasteiger partial charge is 0.493 e. The predicted octanol–water partition coefficient (Wildman–Crippen LogP) is 4.26. The molecular weight excluding hydrogens is 352 g/mol. The van der Waals surface area contributed by atoms with Crippen LogP contribution in [0.4, 0.5) is 0 Å². The summed E-state index contributed by atoms with van der Waals surface area (Å²) in [5.74, 6) is 2.36. The van der Waals surface area contributed by atoms with E-state index in [1.165, 1.54) is 5.56 Å². The van der Waals surface area contributed by atoms with Gasteiger partial charge in [0.05, 0.1) is 19.9 Å². The lowest BCUT2D eigenvalue weighted by molar-refractivity contribution is 0.222. The number of oxime groups is 1. The first-order chi connectivity index (χ1) is 13.7. The quantitative estimate of drug-likeness (QED) is 0.727. The average molecular weight is 380 g/mol. The van der Waals surface area contributed by atoms with Crippen LogP contribution in [0.1, 0.15) is 31.2 Å². The van der Waals surface area contributed by atoms with E-state index in [2.05, 4.69) is 29.2 Å². The number of ether oxygens (including phenoxy) is 2. The minimum atomic E-state index is 0.125. The van der Waals surface area contributed by atoms with E-state index in [4.69, 9.17) is 14.3 Å². The maximum absolute atomic E-state index is 5.67. The highest BCUT2D eigenvalue weighted by atomic mass is 16.6. The molecule has 1 heterocycles. The minimum absolute atomic E-state index is 0.125. The van der Waals surface area contributed by atoms with Crippen LogP contribution in [0.15, 0.2) is 53.7 Å². The number of benzene rings is 2. The van der Waals surface area contributed by atoms with Crippen molar-refractivity contribution in [3.8, 4) is 17.2 Å². The molecule has 148 valence electrons. The number of likely N-dealkylation sites (N-methyl/N-ethyl adjacent to an activating group) is 1. The number of hydrogen-bond acceptors (Lipinski definition) is 5. The molecule has 0 amide bonds. The van der Waals surface area contributed by atoms with E-state index in [-0.39, 0.29) is 5.41 Å². The lowest BCUT2D eigenvalue weighted by Crippen LogP contribution is -2.46. The predicted molar refractivity (Wildman–Crippen MR) is 111 cm³/mol. The molecule has 0 radical (unpaired) electrons. The molecule has 4 rings (SSSR count). The van der Waals surface area contributed by atoms with E-state index >= 15 is 0 Å². The molecule has 0 bridgehead atoms. The SMILES string of the molecule is COc1ccc([C@@]23CC/C(=N\Oc4ccccc4)C[C@@H]2N(C)CC3)cc1OC. The van der Waals surface area contributed by atoms with Crippen LogP contribution >= 0.6 is 0 Å². The van der Waals surface area contributed by atoms with Gasteiger partial charge in [-0.25, -0.2) is 0 Å². The Morgan fingerprint density at radius 3 is 2.54 bits per heavy atom. The highest BCUT2D eigenvalue weighted by Crippen LogP contribution is 2.49. The monoisotopic (exact) mass is 380 g/mol. The Morgan fingerprint density at radius 2 is 1.79 bits per heavy atom. The summed E-state index contributed by atoms with van der Waals surface area (Å²) < 4.78 is 11.0. The zero-order valence-corrected chi connectivity index (χ0v) is 16.9. The summed E-state index contributed by atoms with van der Waals surface area (Å²) in [5.41, 5.74) is 2.60. The standard InChI is InChI=1S/C23H28N2O3/c1-25-14-13-23(17-9-10-20(26-2)21(15-17)27-3)12-11-18(16-22(23)25)24-28-19-7-5-4-6-8-19/h4-10,15,22H,11-14,16H2,1-3H3/b24-18+/t22-,23-/m0/s1. The first-order valence-corrected chi connectivity index (χ1v) is 9.87. The molecule has 1 aliphatic heterocycles. The van der Waals surface area contributed by atoms with Gasteiger partial charge >= 0.3 is 0 Å². The van der Waals surface area contributed by atoms with E-state index in [0.29, 0.717) is 6.04 Å². The fourth-order valence-electron chi connectivity index (χ4n) is 4.76. The van der Waals surface area contributed by atoms with Crippen molar-refractivity contribution in [1.82, 2.24) is 4.90 Å². The Bertz CT molecular complexity index is 852. The van der Waals surface area contributed by atoms with Crippen molar-refractivity contribution in [1.29, 1.82) is 0 Å². The topological polar surface area (TPSA) is 43.3 Å². The van der Waals surface area contributed by atoms with Crippen LogP contribution in [0.25, 0.3) is 0 Å². The summed E-state index contributed by atoms with van der Waals surface area (Å²) in [6.07, 6.45) is 4.09. The molecule has 1 saturated heterocycles. The summed E-state index contributed by atoms with van der Waals surface area (Å²) in [5, 5.41) is 4.48. The van der Waals surface area contributed by atoms with Crippen LogP contribution in [0.2, 0.25) is 0 Å². The lowest BCUT2D eigenvalue weighted by Gasteiger charge is -2.42. The van der Waals surface area contributed by atoms with Crippen molar-refractivity contribution in [3.05, 3.63) is 54.1 Å². The molecule has 1 saturated carbocycles. The van der Waals surface area contributed by atoms with Gasteiger partial charge in [0.2, 0.25) is 0 Å². The molecule has 0 aromatic heterocycles. The molecule has 0 unspecified atom stereocenters. The van der Waals surface area contributed by atoms with Gasteiger partial charge < -0.3 is 19.2 Å². The van der Waals surface area contributed by atoms with Crippen molar-refractivity contribution in [2.75, 3.05) is 27.8 Å². The fourth-order valence-corrected chi connectivity index (χ4v) is 4.76. The molecule has 0 spiro atoms. The van der Waals surface area contributed by atoms with Crippen molar-refractivity contribution in [2.45, 2.75) is 37.1 Å². The summed E-state index contributed by atoms with van der Waals surface area (Å²) in [7, 11) is 5.59. The van der Waals surface area contributed by atoms with Crippen LogP contribution in [-0.2, 0) is 5.41 Å². The van der Waals surface area contributed by atoms with E-state index in [9.17, 15) is 0 Å². The molecular formula is C23H28N2O3.